The molecule has 1 atom stereocenters. The highest BCUT2D eigenvalue weighted by Gasteiger charge is 2.30. The van der Waals surface area contributed by atoms with Crippen molar-refractivity contribution >= 4 is 22.8 Å². The molecule has 0 radical (unpaired) electrons. The molecule has 6 N–H and O–H groups in total. The molecule has 0 saturated carbocycles. The van der Waals surface area contributed by atoms with Gasteiger partial charge in [0.25, 0.3) is 0 Å². The Labute approximate surface area is 212 Å². The zero-order valence-corrected chi connectivity index (χ0v) is 20.9. The van der Waals surface area contributed by atoms with Gasteiger partial charge in [-0.25, -0.2) is 4.99 Å². The molecule has 1 fully saturated rings. The largest absolute Gasteiger partial charge is 0.361 e. The van der Waals surface area contributed by atoms with Crippen molar-refractivity contribution in [3.8, 4) is 0 Å². The SMILES string of the molecule is CN1CCN(CCNC2=NC(N)(CCc3c[nH]c4ccccc34)NC(NCc3ccncc3)=N2)CC1. The van der Waals surface area contributed by atoms with E-state index in [4.69, 9.17) is 10.7 Å². The van der Waals surface area contributed by atoms with Crippen molar-refractivity contribution in [2.24, 2.45) is 15.7 Å². The van der Waals surface area contributed by atoms with E-state index in [2.05, 4.69) is 72.2 Å². The molecule has 190 valence electrons. The van der Waals surface area contributed by atoms with Crippen LogP contribution in [0.5, 0.6) is 0 Å². The van der Waals surface area contributed by atoms with Crippen LogP contribution < -0.4 is 21.7 Å². The number of benzene rings is 1. The van der Waals surface area contributed by atoms with E-state index in [0.29, 0.717) is 24.9 Å². The minimum atomic E-state index is -0.975. The summed E-state index contributed by atoms with van der Waals surface area (Å²) in [4.78, 5) is 21.7. The second-order valence-corrected chi connectivity index (χ2v) is 9.59. The van der Waals surface area contributed by atoms with E-state index in [1.807, 2.05) is 18.2 Å². The molecule has 2 aliphatic rings. The number of rotatable bonds is 8. The Balaban J connectivity index is 1.25. The Morgan fingerprint density at radius 2 is 1.86 bits per heavy atom. The third-order valence-corrected chi connectivity index (χ3v) is 6.82. The number of aromatic nitrogens is 2. The van der Waals surface area contributed by atoms with Crippen molar-refractivity contribution in [3.05, 3.63) is 66.1 Å². The Morgan fingerprint density at radius 3 is 2.69 bits per heavy atom. The van der Waals surface area contributed by atoms with Crippen molar-refractivity contribution < 1.29 is 0 Å². The molecule has 1 aromatic carbocycles. The van der Waals surface area contributed by atoms with Crippen LogP contribution in [-0.2, 0) is 13.0 Å². The Hall–Kier alpha value is -3.47. The van der Waals surface area contributed by atoms with Gasteiger partial charge in [0.05, 0.1) is 0 Å². The standard InChI is InChI=1S/C26H36N10/c1-35-14-16-36(17-15-35)13-12-29-24-32-25(31-18-20-7-10-28-11-8-20)34-26(27,33-24)9-6-21-19-30-23-5-3-2-4-22(21)23/h2-5,7-8,10-11,19,30H,6,9,12-18,27H2,1H3,(H3,29,31,32,33,34). The molecule has 36 heavy (non-hydrogen) atoms. The van der Waals surface area contributed by atoms with Gasteiger partial charge < -0.3 is 25.8 Å². The van der Waals surface area contributed by atoms with Crippen LogP contribution in [0.3, 0.4) is 0 Å². The van der Waals surface area contributed by atoms with E-state index in [0.717, 1.165) is 56.8 Å². The van der Waals surface area contributed by atoms with Crippen LogP contribution in [-0.4, -0.2) is 83.8 Å². The molecule has 0 bridgehead atoms. The van der Waals surface area contributed by atoms with Crippen LogP contribution in [0.15, 0.2) is 65.0 Å². The average molecular weight is 489 g/mol. The number of likely N-dealkylation sites (N-methyl/N-ethyl adjacent to an activating group) is 1. The number of nitrogens with zero attached hydrogens (tertiary/aromatic N) is 5. The molecule has 2 aromatic heterocycles. The maximum atomic E-state index is 6.80. The van der Waals surface area contributed by atoms with Gasteiger partial charge in [-0.15, -0.1) is 0 Å². The minimum absolute atomic E-state index is 0.557. The highest BCUT2D eigenvalue weighted by atomic mass is 15.4. The maximum Gasteiger partial charge on any atom is 0.224 e. The molecule has 10 nitrogen and oxygen atoms in total. The fourth-order valence-electron chi connectivity index (χ4n) is 4.61. The molecule has 0 aliphatic carbocycles. The summed E-state index contributed by atoms with van der Waals surface area (Å²) in [6.07, 6.45) is 7.03. The number of hydrogen-bond acceptors (Lipinski definition) is 9. The highest BCUT2D eigenvalue weighted by molar-refractivity contribution is 5.97. The first-order chi connectivity index (χ1) is 17.6. The lowest BCUT2D eigenvalue weighted by Crippen LogP contribution is -2.61. The summed E-state index contributed by atoms with van der Waals surface area (Å²) in [5.74, 6) is 0.198. The number of para-hydroxylation sites is 1. The van der Waals surface area contributed by atoms with E-state index in [9.17, 15) is 0 Å². The zero-order chi connectivity index (χ0) is 24.8. The number of aromatic amines is 1. The number of aliphatic imine (C=N–C) groups is 2. The molecule has 2 aliphatic heterocycles. The van der Waals surface area contributed by atoms with Crippen LogP contribution in [0.2, 0.25) is 0 Å². The average Bonchev–Trinajstić information content (AvgIpc) is 3.31. The second kappa shape index (κ2) is 11.1. The summed E-state index contributed by atoms with van der Waals surface area (Å²) in [6.45, 7) is 6.70. The summed E-state index contributed by atoms with van der Waals surface area (Å²) in [7, 11) is 2.17. The van der Waals surface area contributed by atoms with Gasteiger partial charge in [0.2, 0.25) is 11.9 Å². The number of aryl methyl sites for hydroxylation is 1. The van der Waals surface area contributed by atoms with Gasteiger partial charge in [0.15, 0.2) is 5.79 Å². The lowest BCUT2D eigenvalue weighted by Gasteiger charge is -2.33. The van der Waals surface area contributed by atoms with Gasteiger partial charge in [0, 0.05) is 81.7 Å². The van der Waals surface area contributed by atoms with E-state index in [-0.39, 0.29) is 0 Å². The number of nitrogens with one attached hydrogen (secondary N) is 4. The Bertz CT molecular complexity index is 1200. The van der Waals surface area contributed by atoms with Crippen LogP contribution >= 0.6 is 0 Å². The summed E-state index contributed by atoms with van der Waals surface area (Å²) in [6, 6.07) is 12.3. The maximum absolute atomic E-state index is 6.80. The molecule has 4 heterocycles. The normalized spacial score (nSPS) is 21.1. The third kappa shape index (κ3) is 6.20. The van der Waals surface area contributed by atoms with Gasteiger partial charge in [0.1, 0.15) is 0 Å². The number of guanidine groups is 2. The Morgan fingerprint density at radius 1 is 1.06 bits per heavy atom. The predicted octanol–water partition coefficient (Wildman–Crippen LogP) is 1.05. The smallest absolute Gasteiger partial charge is 0.224 e. The van der Waals surface area contributed by atoms with Crippen molar-refractivity contribution in [2.75, 3.05) is 46.3 Å². The van der Waals surface area contributed by atoms with Gasteiger partial charge in [-0.1, -0.05) is 18.2 Å². The van der Waals surface area contributed by atoms with Gasteiger partial charge in [-0.2, -0.15) is 4.99 Å². The van der Waals surface area contributed by atoms with Crippen molar-refractivity contribution in [1.82, 2.24) is 35.7 Å². The summed E-state index contributed by atoms with van der Waals surface area (Å²) < 4.78 is 0. The first-order valence-electron chi connectivity index (χ1n) is 12.6. The molecule has 1 unspecified atom stereocenters. The minimum Gasteiger partial charge on any atom is -0.361 e. The molecular formula is C26H36N10. The topological polar surface area (TPSA) is 122 Å². The van der Waals surface area contributed by atoms with Gasteiger partial charge in [-0.3, -0.25) is 15.6 Å². The number of fused-ring (bicyclic) bond motifs is 1. The number of nitrogens with two attached hydrogens (primary N) is 1. The monoisotopic (exact) mass is 488 g/mol. The van der Waals surface area contributed by atoms with Gasteiger partial charge in [-0.05, 0) is 42.8 Å². The van der Waals surface area contributed by atoms with E-state index >= 15 is 0 Å². The lowest BCUT2D eigenvalue weighted by molar-refractivity contribution is 0.156. The molecule has 0 amide bonds. The summed E-state index contributed by atoms with van der Waals surface area (Å²) >= 11 is 0. The molecule has 5 rings (SSSR count). The van der Waals surface area contributed by atoms with Crippen LogP contribution in [0.25, 0.3) is 10.9 Å². The number of pyridine rings is 1. The fraction of sp³-hybridized carbons (Fsp3) is 0.423. The Kier molecular flexibility index (Phi) is 7.45. The lowest BCUT2D eigenvalue weighted by atomic mass is 10.1. The highest BCUT2D eigenvalue weighted by Crippen LogP contribution is 2.21. The van der Waals surface area contributed by atoms with Crippen LogP contribution in [0.1, 0.15) is 17.5 Å². The summed E-state index contributed by atoms with van der Waals surface area (Å²) in [5, 5.41) is 11.3. The van der Waals surface area contributed by atoms with Crippen molar-refractivity contribution in [2.45, 2.75) is 25.2 Å². The number of hydrogen-bond donors (Lipinski definition) is 5. The predicted molar refractivity (Wildman–Crippen MR) is 145 cm³/mol. The fourth-order valence-corrected chi connectivity index (χ4v) is 4.61. The van der Waals surface area contributed by atoms with Crippen LogP contribution in [0.4, 0.5) is 0 Å². The van der Waals surface area contributed by atoms with Crippen molar-refractivity contribution in [3.63, 3.8) is 0 Å². The number of piperazine rings is 1. The molecule has 1 saturated heterocycles. The first-order valence-corrected chi connectivity index (χ1v) is 12.6. The van der Waals surface area contributed by atoms with E-state index in [1.165, 1.54) is 10.9 Å². The molecular weight excluding hydrogens is 452 g/mol. The van der Waals surface area contributed by atoms with Gasteiger partial charge >= 0.3 is 0 Å². The summed E-state index contributed by atoms with van der Waals surface area (Å²) in [5.41, 5.74) is 10.3. The van der Waals surface area contributed by atoms with Crippen LogP contribution in [0, 0.1) is 0 Å². The quantitative estimate of drug-likeness (QED) is 0.321. The van der Waals surface area contributed by atoms with E-state index < -0.39 is 5.79 Å². The third-order valence-electron chi connectivity index (χ3n) is 6.82. The molecule has 0 spiro atoms. The molecule has 3 aromatic rings. The molecule has 10 heteroatoms. The number of H-pyrrole nitrogens is 1. The first kappa shape index (κ1) is 24.2. The van der Waals surface area contributed by atoms with E-state index in [1.54, 1.807) is 12.4 Å². The second-order valence-electron chi connectivity index (χ2n) is 9.59. The zero-order valence-electron chi connectivity index (χ0n) is 20.9. The van der Waals surface area contributed by atoms with Crippen molar-refractivity contribution in [1.29, 1.82) is 0 Å².